The lowest BCUT2D eigenvalue weighted by molar-refractivity contribution is 0.0466. The van der Waals surface area contributed by atoms with Crippen LogP contribution in [-0.4, -0.2) is 62.2 Å². The maximum absolute atomic E-state index is 12.8. The molecule has 3 N–H and O–H groups in total. The Bertz CT molecular complexity index is 702. The van der Waals surface area contributed by atoms with Crippen LogP contribution in [0.25, 0.3) is 0 Å². The van der Waals surface area contributed by atoms with Crippen LogP contribution in [-0.2, 0) is 9.47 Å². The molecule has 0 fully saturated rings. The molecule has 0 aliphatic heterocycles. The first-order valence-electron chi connectivity index (χ1n) is 11.2. The van der Waals surface area contributed by atoms with Gasteiger partial charge in [0.05, 0.1) is 24.8 Å². The Balaban J connectivity index is 2.70. The molecule has 2 atom stereocenters. The SMILES string of the molecule is COCCCOc1ccccc1C(=O)NCC(CC(CO)NC(=O)OC(C)(C)C)C(C)C. The van der Waals surface area contributed by atoms with Gasteiger partial charge in [-0.05, 0) is 51.2 Å². The average molecular weight is 453 g/mol. The summed E-state index contributed by atoms with van der Waals surface area (Å²) < 4.78 is 16.0. The second kappa shape index (κ2) is 14.0. The van der Waals surface area contributed by atoms with Crippen molar-refractivity contribution in [3.63, 3.8) is 0 Å². The zero-order valence-electron chi connectivity index (χ0n) is 20.3. The number of hydrogen-bond donors (Lipinski definition) is 3. The van der Waals surface area contributed by atoms with Gasteiger partial charge in [0, 0.05) is 26.7 Å². The molecule has 8 nitrogen and oxygen atoms in total. The zero-order valence-corrected chi connectivity index (χ0v) is 20.3. The number of amides is 2. The van der Waals surface area contributed by atoms with E-state index in [0.29, 0.717) is 37.5 Å². The van der Waals surface area contributed by atoms with Crippen LogP contribution in [0.15, 0.2) is 24.3 Å². The molecule has 0 bridgehead atoms. The van der Waals surface area contributed by atoms with Crippen molar-refractivity contribution in [2.45, 2.75) is 59.1 Å². The first-order chi connectivity index (χ1) is 15.1. The van der Waals surface area contributed by atoms with Gasteiger partial charge >= 0.3 is 6.09 Å². The van der Waals surface area contributed by atoms with Crippen molar-refractivity contribution in [1.29, 1.82) is 0 Å². The Morgan fingerprint density at radius 1 is 1.12 bits per heavy atom. The molecule has 0 aliphatic rings. The van der Waals surface area contributed by atoms with E-state index in [1.54, 1.807) is 46.1 Å². The van der Waals surface area contributed by atoms with Crippen molar-refractivity contribution in [1.82, 2.24) is 10.6 Å². The summed E-state index contributed by atoms with van der Waals surface area (Å²) in [5.74, 6) is 0.576. The summed E-state index contributed by atoms with van der Waals surface area (Å²) in [4.78, 5) is 24.9. The van der Waals surface area contributed by atoms with Crippen LogP contribution in [0.5, 0.6) is 5.75 Å². The monoisotopic (exact) mass is 452 g/mol. The van der Waals surface area contributed by atoms with Crippen LogP contribution < -0.4 is 15.4 Å². The Hall–Kier alpha value is -2.32. The number of hydrogen-bond acceptors (Lipinski definition) is 6. The van der Waals surface area contributed by atoms with E-state index in [1.165, 1.54) is 0 Å². The standard InChI is InChI=1S/C24H40N2O6/c1-17(2)18(14-19(16-27)26-23(29)32-24(3,4)5)15-25-22(28)20-10-7-8-11-21(20)31-13-9-12-30-6/h7-8,10-11,17-19,27H,9,12-16H2,1-6H3,(H,25,28)(H,26,29). The van der Waals surface area contributed by atoms with Gasteiger partial charge in [-0.25, -0.2) is 4.79 Å². The zero-order chi connectivity index (χ0) is 24.1. The number of rotatable bonds is 13. The summed E-state index contributed by atoms with van der Waals surface area (Å²) >= 11 is 0. The highest BCUT2D eigenvalue weighted by Gasteiger charge is 2.24. The third kappa shape index (κ3) is 10.8. The summed E-state index contributed by atoms with van der Waals surface area (Å²) in [5.41, 5.74) is -0.146. The number of nitrogens with one attached hydrogen (secondary N) is 2. The summed E-state index contributed by atoms with van der Waals surface area (Å²) in [6.07, 6.45) is 0.667. The van der Waals surface area contributed by atoms with Gasteiger partial charge in [0.1, 0.15) is 11.4 Å². The van der Waals surface area contributed by atoms with Gasteiger partial charge in [-0.2, -0.15) is 0 Å². The lowest BCUT2D eigenvalue weighted by atomic mass is 9.89. The Morgan fingerprint density at radius 2 is 1.81 bits per heavy atom. The molecule has 0 saturated carbocycles. The lowest BCUT2D eigenvalue weighted by Gasteiger charge is -2.27. The number of methoxy groups -OCH3 is 1. The molecule has 1 aromatic carbocycles. The minimum atomic E-state index is -0.617. The Morgan fingerprint density at radius 3 is 2.41 bits per heavy atom. The van der Waals surface area contributed by atoms with E-state index in [9.17, 15) is 14.7 Å². The van der Waals surface area contributed by atoms with Crippen LogP contribution in [0.3, 0.4) is 0 Å². The molecule has 1 aromatic rings. The van der Waals surface area contributed by atoms with Gasteiger partial charge < -0.3 is 30.0 Å². The van der Waals surface area contributed by atoms with Crippen LogP contribution >= 0.6 is 0 Å². The molecule has 0 aliphatic carbocycles. The van der Waals surface area contributed by atoms with Gasteiger partial charge in [0.15, 0.2) is 0 Å². The van der Waals surface area contributed by atoms with Crippen molar-refractivity contribution in [2.24, 2.45) is 11.8 Å². The topological polar surface area (TPSA) is 106 Å². The van der Waals surface area contributed by atoms with Crippen LogP contribution in [0.4, 0.5) is 4.79 Å². The van der Waals surface area contributed by atoms with E-state index < -0.39 is 17.7 Å². The fourth-order valence-electron chi connectivity index (χ4n) is 3.09. The molecule has 0 radical (unpaired) electrons. The minimum Gasteiger partial charge on any atom is -0.493 e. The maximum atomic E-state index is 12.8. The van der Waals surface area contributed by atoms with Gasteiger partial charge in [-0.15, -0.1) is 0 Å². The van der Waals surface area contributed by atoms with Gasteiger partial charge in [0.25, 0.3) is 5.91 Å². The molecule has 2 unspecified atom stereocenters. The number of aliphatic hydroxyl groups is 1. The number of benzene rings is 1. The smallest absolute Gasteiger partial charge is 0.407 e. The van der Waals surface area contributed by atoms with Crippen molar-refractivity contribution < 1.29 is 28.9 Å². The van der Waals surface area contributed by atoms with Crippen molar-refractivity contribution in [2.75, 3.05) is 33.5 Å². The van der Waals surface area contributed by atoms with E-state index in [4.69, 9.17) is 14.2 Å². The first kappa shape index (κ1) is 27.7. The molecule has 8 heteroatoms. The number of aliphatic hydroxyl groups excluding tert-OH is 1. The Labute approximate surface area is 192 Å². The van der Waals surface area contributed by atoms with E-state index in [2.05, 4.69) is 10.6 Å². The second-order valence-electron chi connectivity index (χ2n) is 9.17. The summed E-state index contributed by atoms with van der Waals surface area (Å²) in [7, 11) is 1.64. The molecule has 0 spiro atoms. The summed E-state index contributed by atoms with van der Waals surface area (Å²) in [5, 5.41) is 15.4. The molecule has 32 heavy (non-hydrogen) atoms. The predicted octanol–water partition coefficient (Wildman–Crippen LogP) is 3.38. The quantitative estimate of drug-likeness (QED) is 0.396. The van der Waals surface area contributed by atoms with Gasteiger partial charge in [-0.3, -0.25) is 4.79 Å². The molecule has 2 amide bonds. The van der Waals surface area contributed by atoms with E-state index in [0.717, 1.165) is 6.42 Å². The molecule has 0 heterocycles. The van der Waals surface area contributed by atoms with Crippen molar-refractivity contribution in [3.05, 3.63) is 29.8 Å². The molecule has 0 aromatic heterocycles. The summed E-state index contributed by atoms with van der Waals surface area (Å²) in [6, 6.07) is 6.66. The van der Waals surface area contributed by atoms with Crippen LogP contribution in [0, 0.1) is 11.8 Å². The number of carbonyl (C=O) groups is 2. The molecular weight excluding hydrogens is 412 g/mol. The van der Waals surface area contributed by atoms with E-state index >= 15 is 0 Å². The number of ether oxygens (including phenoxy) is 3. The highest BCUT2D eigenvalue weighted by atomic mass is 16.6. The number of carbonyl (C=O) groups excluding carboxylic acids is 2. The second-order valence-corrected chi connectivity index (χ2v) is 9.17. The molecule has 182 valence electrons. The number of para-hydroxylation sites is 1. The average Bonchev–Trinajstić information content (AvgIpc) is 2.71. The molecule has 1 rings (SSSR count). The Kier molecular flexibility index (Phi) is 12.1. The maximum Gasteiger partial charge on any atom is 0.407 e. The van der Waals surface area contributed by atoms with E-state index in [1.807, 2.05) is 19.9 Å². The largest absolute Gasteiger partial charge is 0.493 e. The third-order valence-electron chi connectivity index (χ3n) is 4.88. The normalized spacial score (nSPS) is 13.4. The lowest BCUT2D eigenvalue weighted by Crippen LogP contribution is -2.44. The summed E-state index contributed by atoms with van der Waals surface area (Å²) in [6.45, 7) is 10.7. The van der Waals surface area contributed by atoms with Crippen LogP contribution in [0.2, 0.25) is 0 Å². The third-order valence-corrected chi connectivity index (χ3v) is 4.88. The minimum absolute atomic E-state index is 0.0424. The predicted molar refractivity (Wildman–Crippen MR) is 124 cm³/mol. The molecular formula is C24H40N2O6. The highest BCUT2D eigenvalue weighted by Crippen LogP contribution is 2.20. The van der Waals surface area contributed by atoms with Gasteiger partial charge in [0.2, 0.25) is 0 Å². The number of alkyl carbamates (subject to hydrolysis) is 1. The fraction of sp³-hybridized carbons (Fsp3) is 0.667. The van der Waals surface area contributed by atoms with Crippen molar-refractivity contribution in [3.8, 4) is 5.75 Å². The van der Waals surface area contributed by atoms with Gasteiger partial charge in [-0.1, -0.05) is 26.0 Å². The fourth-order valence-corrected chi connectivity index (χ4v) is 3.09. The first-order valence-corrected chi connectivity index (χ1v) is 11.2. The van der Waals surface area contributed by atoms with E-state index in [-0.39, 0.29) is 24.3 Å². The highest BCUT2D eigenvalue weighted by molar-refractivity contribution is 5.96. The van der Waals surface area contributed by atoms with Crippen LogP contribution in [0.1, 0.15) is 57.8 Å². The van der Waals surface area contributed by atoms with Crippen molar-refractivity contribution >= 4 is 12.0 Å². The molecule has 0 saturated heterocycles.